The summed E-state index contributed by atoms with van der Waals surface area (Å²) in [6.07, 6.45) is 14.0. The first kappa shape index (κ1) is 19.3. The van der Waals surface area contributed by atoms with Crippen LogP contribution in [0.15, 0.2) is 11.6 Å². The maximum Gasteiger partial charge on any atom is 0.122 e. The van der Waals surface area contributed by atoms with Gasteiger partial charge in [-0.3, -0.25) is 5.32 Å². The molecular formula is C26H41NO2. The summed E-state index contributed by atoms with van der Waals surface area (Å²) in [7, 11) is 0. The van der Waals surface area contributed by atoms with Gasteiger partial charge in [0.15, 0.2) is 0 Å². The Hall–Kier alpha value is -0.380. The third-order valence-corrected chi connectivity index (χ3v) is 10.9. The summed E-state index contributed by atoms with van der Waals surface area (Å²) in [5.74, 6) is 5.66. The largest absolute Gasteiger partial charge is 0.393 e. The van der Waals surface area contributed by atoms with E-state index in [2.05, 4.69) is 32.2 Å². The molecule has 0 unspecified atom stereocenters. The molecule has 6 rings (SSSR count). The Balaban J connectivity index is 1.24. The first-order valence-electron chi connectivity index (χ1n) is 12.7. The van der Waals surface area contributed by atoms with Gasteiger partial charge in [0.2, 0.25) is 0 Å². The molecule has 4 aliphatic carbocycles. The second-order valence-electron chi connectivity index (χ2n) is 12.1. The fourth-order valence-electron chi connectivity index (χ4n) is 9.30. The summed E-state index contributed by atoms with van der Waals surface area (Å²) in [6, 6.07) is 0. The van der Waals surface area contributed by atoms with Crippen LogP contribution >= 0.6 is 0 Å². The molecule has 3 heteroatoms. The molecule has 11 atom stereocenters. The van der Waals surface area contributed by atoms with Crippen LogP contribution in [-0.4, -0.2) is 29.6 Å². The number of aliphatic hydroxyl groups is 1. The third kappa shape index (κ3) is 2.66. The Kier molecular flexibility index (Phi) is 4.37. The number of rotatable bonds is 0. The van der Waals surface area contributed by atoms with Crippen molar-refractivity contribution < 1.29 is 9.84 Å². The van der Waals surface area contributed by atoms with Gasteiger partial charge in [0, 0.05) is 12.5 Å². The van der Waals surface area contributed by atoms with E-state index in [1.165, 1.54) is 44.9 Å². The topological polar surface area (TPSA) is 41.5 Å². The zero-order valence-electron chi connectivity index (χ0n) is 18.7. The van der Waals surface area contributed by atoms with Crippen LogP contribution in [-0.2, 0) is 4.74 Å². The van der Waals surface area contributed by atoms with Crippen LogP contribution in [0.4, 0.5) is 0 Å². The Morgan fingerprint density at radius 1 is 1.07 bits per heavy atom. The van der Waals surface area contributed by atoms with Crippen LogP contribution in [0, 0.1) is 46.8 Å². The molecule has 3 saturated carbocycles. The average Bonchev–Trinajstić information content (AvgIpc) is 3.19. The van der Waals surface area contributed by atoms with Gasteiger partial charge in [-0.2, -0.15) is 0 Å². The molecule has 29 heavy (non-hydrogen) atoms. The number of nitrogens with one attached hydrogen (secondary N) is 1. The number of ether oxygens (including phenoxy) is 1. The lowest BCUT2D eigenvalue weighted by Crippen LogP contribution is -2.55. The van der Waals surface area contributed by atoms with Crippen LogP contribution in [0.3, 0.4) is 0 Å². The molecule has 1 spiro atoms. The van der Waals surface area contributed by atoms with Crippen LogP contribution in [0.2, 0.25) is 0 Å². The molecule has 6 aliphatic rings. The van der Waals surface area contributed by atoms with Crippen LogP contribution in [0.25, 0.3) is 0 Å². The second kappa shape index (κ2) is 6.56. The van der Waals surface area contributed by atoms with E-state index in [0.717, 1.165) is 54.9 Å². The zero-order chi connectivity index (χ0) is 20.0. The first-order chi connectivity index (χ1) is 13.9. The quantitative estimate of drug-likeness (QED) is 0.570. The molecule has 2 N–H and O–H groups in total. The molecule has 0 aromatic heterocycles. The van der Waals surface area contributed by atoms with Gasteiger partial charge in [-0.25, -0.2) is 0 Å². The lowest BCUT2D eigenvalue weighted by molar-refractivity contribution is -0.110. The van der Waals surface area contributed by atoms with E-state index in [9.17, 15) is 5.11 Å². The van der Waals surface area contributed by atoms with Gasteiger partial charge in [0.25, 0.3) is 0 Å². The first-order valence-corrected chi connectivity index (χ1v) is 12.7. The van der Waals surface area contributed by atoms with Gasteiger partial charge in [0.1, 0.15) is 5.72 Å². The third-order valence-electron chi connectivity index (χ3n) is 10.9. The summed E-state index contributed by atoms with van der Waals surface area (Å²) in [6.45, 7) is 8.54. The predicted molar refractivity (Wildman–Crippen MR) is 115 cm³/mol. The van der Waals surface area contributed by atoms with E-state index in [1.54, 1.807) is 5.57 Å². The molecule has 0 radical (unpaired) electrons. The Morgan fingerprint density at radius 3 is 2.72 bits per heavy atom. The molecule has 2 aliphatic heterocycles. The molecule has 0 aromatic carbocycles. The lowest BCUT2D eigenvalue weighted by Gasteiger charge is -2.55. The van der Waals surface area contributed by atoms with Gasteiger partial charge in [-0.15, -0.1) is 0 Å². The van der Waals surface area contributed by atoms with E-state index < -0.39 is 0 Å². The predicted octanol–water partition coefficient (Wildman–Crippen LogP) is 4.90. The van der Waals surface area contributed by atoms with E-state index in [1.807, 2.05) is 0 Å². The monoisotopic (exact) mass is 399 g/mol. The summed E-state index contributed by atoms with van der Waals surface area (Å²) in [5, 5.41) is 14.1. The summed E-state index contributed by atoms with van der Waals surface area (Å²) >= 11 is 0. The number of allylic oxidation sites excluding steroid dienone is 1. The smallest absolute Gasteiger partial charge is 0.122 e. The number of fused-ring (bicyclic) bond motifs is 7. The molecule has 5 fully saturated rings. The highest BCUT2D eigenvalue weighted by atomic mass is 16.5. The minimum absolute atomic E-state index is 0.0191. The average molecular weight is 400 g/mol. The second-order valence-corrected chi connectivity index (χ2v) is 12.1. The maximum absolute atomic E-state index is 10.2. The highest BCUT2D eigenvalue weighted by Crippen LogP contribution is 2.65. The van der Waals surface area contributed by atoms with Crippen molar-refractivity contribution in [1.82, 2.24) is 5.32 Å². The molecule has 2 saturated heterocycles. The minimum atomic E-state index is -0.0933. The van der Waals surface area contributed by atoms with E-state index in [-0.39, 0.29) is 11.8 Å². The number of hydrogen-bond acceptors (Lipinski definition) is 3. The molecule has 162 valence electrons. The van der Waals surface area contributed by atoms with Crippen molar-refractivity contribution in [3.63, 3.8) is 0 Å². The summed E-state index contributed by atoms with van der Waals surface area (Å²) < 4.78 is 6.93. The Labute approximate surface area is 177 Å². The van der Waals surface area contributed by atoms with Crippen molar-refractivity contribution in [2.24, 2.45) is 46.8 Å². The van der Waals surface area contributed by atoms with E-state index in [0.29, 0.717) is 17.4 Å². The summed E-state index contributed by atoms with van der Waals surface area (Å²) in [4.78, 5) is 0. The van der Waals surface area contributed by atoms with Crippen molar-refractivity contribution in [2.45, 2.75) is 96.5 Å². The van der Waals surface area contributed by atoms with Crippen LogP contribution in [0.5, 0.6) is 0 Å². The number of aliphatic hydroxyl groups excluding tert-OH is 1. The SMILES string of the molecule is C[C@@H]1CC[C@]2(NC1)O[C@@H]1C[C@H]3[C@H]4CC=C5C[C@H](O)CC[C@@]5(C)[C@@H]4CC[C@@H]3[C@@H]1[C@@H]2C. The van der Waals surface area contributed by atoms with E-state index >= 15 is 0 Å². The normalized spacial score (nSPS) is 58.9. The Morgan fingerprint density at radius 2 is 1.93 bits per heavy atom. The van der Waals surface area contributed by atoms with Crippen molar-refractivity contribution in [2.75, 3.05) is 6.54 Å². The van der Waals surface area contributed by atoms with Gasteiger partial charge >= 0.3 is 0 Å². The zero-order valence-corrected chi connectivity index (χ0v) is 18.7. The van der Waals surface area contributed by atoms with Gasteiger partial charge in [-0.05, 0) is 98.7 Å². The van der Waals surface area contributed by atoms with Crippen LogP contribution in [0.1, 0.15) is 78.6 Å². The molecule has 0 aromatic rings. The van der Waals surface area contributed by atoms with Crippen molar-refractivity contribution in [3.8, 4) is 0 Å². The summed E-state index contributed by atoms with van der Waals surface area (Å²) in [5.41, 5.74) is 1.94. The number of piperidine rings is 1. The van der Waals surface area contributed by atoms with Gasteiger partial charge in [-0.1, -0.05) is 32.4 Å². The molecule has 0 bridgehead atoms. The molecule has 2 heterocycles. The van der Waals surface area contributed by atoms with Crippen LogP contribution < -0.4 is 5.32 Å². The van der Waals surface area contributed by atoms with E-state index in [4.69, 9.17) is 4.74 Å². The number of hydrogen-bond donors (Lipinski definition) is 2. The molecule has 0 amide bonds. The molecular weight excluding hydrogens is 358 g/mol. The minimum Gasteiger partial charge on any atom is -0.393 e. The van der Waals surface area contributed by atoms with Crippen molar-refractivity contribution >= 4 is 0 Å². The van der Waals surface area contributed by atoms with Crippen molar-refractivity contribution in [3.05, 3.63) is 11.6 Å². The molecule has 3 nitrogen and oxygen atoms in total. The Bertz CT molecular complexity index is 695. The standard InChI is InChI=1S/C26H41NO2/c1-15-8-11-26(27-14-15)16(2)24-20-6-7-22-19(21(20)13-23(24)29-26)5-4-17-12-18(28)9-10-25(17,22)3/h4,15-16,18-24,27-28H,5-14H2,1-3H3/t15-,16+,18-,19-,20+,21+,22-,23-,24+,25-,26+/m1/s1. The van der Waals surface area contributed by atoms with Crippen molar-refractivity contribution in [1.29, 1.82) is 0 Å². The fraction of sp³-hybridized carbons (Fsp3) is 0.923. The van der Waals surface area contributed by atoms with Gasteiger partial charge < -0.3 is 9.84 Å². The highest BCUT2D eigenvalue weighted by molar-refractivity contribution is 5.25. The highest BCUT2D eigenvalue weighted by Gasteiger charge is 2.63. The fourth-order valence-corrected chi connectivity index (χ4v) is 9.30. The van der Waals surface area contributed by atoms with Gasteiger partial charge in [0.05, 0.1) is 12.2 Å². The lowest BCUT2D eigenvalue weighted by atomic mass is 9.50. The maximum atomic E-state index is 10.2.